The van der Waals surface area contributed by atoms with E-state index >= 15 is 0 Å². The number of aromatic nitrogens is 2. The SMILES string of the molecule is Cc1ccc(-n2nc(C)c3c2N[C@](C)(c2ccc(Cl)cc2)C=C3c2ccc(Cl)cc2)cc1. The number of fused-ring (bicyclic) bond motifs is 1. The van der Waals surface area contributed by atoms with Crippen LogP contribution in [0.4, 0.5) is 5.82 Å². The standard InChI is InChI=1S/C27H23Cl2N3/c1-17-4-14-23(15-5-17)32-26-25(18(2)31-32)24(19-6-10-21(28)11-7-19)16-27(3,30-26)20-8-12-22(29)13-9-20/h4-16,30H,1-3H3/t27-/m0/s1. The van der Waals surface area contributed by atoms with Gasteiger partial charge in [-0.3, -0.25) is 0 Å². The van der Waals surface area contributed by atoms with E-state index in [1.807, 2.05) is 28.9 Å². The molecule has 0 unspecified atom stereocenters. The maximum atomic E-state index is 6.18. The van der Waals surface area contributed by atoms with Crippen molar-refractivity contribution in [2.75, 3.05) is 5.32 Å². The molecule has 160 valence electrons. The number of benzene rings is 3. The highest BCUT2D eigenvalue weighted by Gasteiger charge is 2.35. The molecule has 5 rings (SSSR count). The Hall–Kier alpha value is -3.01. The van der Waals surface area contributed by atoms with E-state index in [0.29, 0.717) is 0 Å². The Morgan fingerprint density at radius 3 is 2.03 bits per heavy atom. The van der Waals surface area contributed by atoms with E-state index < -0.39 is 5.54 Å². The van der Waals surface area contributed by atoms with Gasteiger partial charge in [-0.2, -0.15) is 5.10 Å². The molecular weight excluding hydrogens is 437 g/mol. The Balaban J connectivity index is 1.74. The summed E-state index contributed by atoms with van der Waals surface area (Å²) in [6.07, 6.45) is 2.27. The van der Waals surface area contributed by atoms with E-state index in [0.717, 1.165) is 49.5 Å². The van der Waals surface area contributed by atoms with Crippen LogP contribution in [0.1, 0.15) is 34.9 Å². The summed E-state index contributed by atoms with van der Waals surface area (Å²) in [5.41, 5.74) is 7.18. The third kappa shape index (κ3) is 3.62. The third-order valence-electron chi connectivity index (χ3n) is 6.02. The van der Waals surface area contributed by atoms with Crippen LogP contribution in [0.15, 0.2) is 78.9 Å². The minimum atomic E-state index is -0.457. The van der Waals surface area contributed by atoms with Gasteiger partial charge in [0.15, 0.2) is 0 Å². The molecule has 0 saturated heterocycles. The normalized spacial score (nSPS) is 17.5. The molecule has 0 fully saturated rings. The number of rotatable bonds is 3. The highest BCUT2D eigenvalue weighted by molar-refractivity contribution is 6.30. The van der Waals surface area contributed by atoms with Gasteiger partial charge in [0, 0.05) is 15.6 Å². The van der Waals surface area contributed by atoms with Crippen molar-refractivity contribution in [1.82, 2.24) is 9.78 Å². The maximum absolute atomic E-state index is 6.18. The summed E-state index contributed by atoms with van der Waals surface area (Å²) < 4.78 is 2.00. The summed E-state index contributed by atoms with van der Waals surface area (Å²) in [6.45, 7) is 6.32. The lowest BCUT2D eigenvalue weighted by molar-refractivity contribution is 0.671. The summed E-state index contributed by atoms with van der Waals surface area (Å²) in [6, 6.07) is 24.4. The lowest BCUT2D eigenvalue weighted by Crippen LogP contribution is -2.34. The van der Waals surface area contributed by atoms with Crippen molar-refractivity contribution in [2.45, 2.75) is 26.3 Å². The lowest BCUT2D eigenvalue weighted by Gasteiger charge is -2.35. The van der Waals surface area contributed by atoms with Crippen molar-refractivity contribution >= 4 is 34.6 Å². The zero-order valence-corrected chi connectivity index (χ0v) is 19.7. The lowest BCUT2D eigenvalue weighted by atomic mass is 9.82. The van der Waals surface area contributed by atoms with Gasteiger partial charge in [-0.1, -0.05) is 65.2 Å². The predicted molar refractivity (Wildman–Crippen MR) is 134 cm³/mol. The highest BCUT2D eigenvalue weighted by Crippen LogP contribution is 2.44. The van der Waals surface area contributed by atoms with Gasteiger partial charge in [-0.05, 0) is 79.9 Å². The molecule has 1 aromatic heterocycles. The fourth-order valence-electron chi connectivity index (χ4n) is 4.29. The fraction of sp³-hybridized carbons (Fsp3) is 0.148. The number of anilines is 1. The number of hydrogen-bond acceptors (Lipinski definition) is 2. The van der Waals surface area contributed by atoms with Gasteiger partial charge in [0.2, 0.25) is 0 Å². The minimum absolute atomic E-state index is 0.457. The molecule has 3 aromatic carbocycles. The number of aryl methyl sites for hydroxylation is 2. The van der Waals surface area contributed by atoms with Gasteiger partial charge in [0.1, 0.15) is 5.82 Å². The van der Waals surface area contributed by atoms with E-state index in [1.54, 1.807) is 0 Å². The number of halogens is 2. The monoisotopic (exact) mass is 459 g/mol. The third-order valence-corrected chi connectivity index (χ3v) is 6.52. The van der Waals surface area contributed by atoms with Crippen LogP contribution >= 0.6 is 23.2 Å². The van der Waals surface area contributed by atoms with Crippen LogP contribution < -0.4 is 5.32 Å². The molecule has 1 aliphatic heterocycles. The topological polar surface area (TPSA) is 29.9 Å². The first kappa shape index (κ1) is 20.9. The van der Waals surface area contributed by atoms with Crippen molar-refractivity contribution < 1.29 is 0 Å². The molecule has 1 N–H and O–H groups in total. The first-order chi connectivity index (χ1) is 15.3. The molecule has 0 spiro atoms. The number of nitrogens with one attached hydrogen (secondary N) is 1. The molecule has 0 saturated carbocycles. The average molecular weight is 460 g/mol. The molecule has 32 heavy (non-hydrogen) atoms. The van der Waals surface area contributed by atoms with Crippen molar-refractivity contribution in [3.63, 3.8) is 0 Å². The molecule has 0 radical (unpaired) electrons. The molecule has 0 bridgehead atoms. The second-order valence-corrected chi connectivity index (χ2v) is 9.33. The van der Waals surface area contributed by atoms with Crippen molar-refractivity contribution in [3.05, 3.63) is 117 Å². The second-order valence-electron chi connectivity index (χ2n) is 8.46. The van der Waals surface area contributed by atoms with Gasteiger partial charge < -0.3 is 5.32 Å². The van der Waals surface area contributed by atoms with Crippen LogP contribution in [0.5, 0.6) is 0 Å². The van der Waals surface area contributed by atoms with E-state index in [4.69, 9.17) is 28.3 Å². The van der Waals surface area contributed by atoms with E-state index in [2.05, 4.69) is 80.7 Å². The van der Waals surface area contributed by atoms with E-state index in [-0.39, 0.29) is 0 Å². The summed E-state index contributed by atoms with van der Waals surface area (Å²) in [5.74, 6) is 0.969. The number of hydrogen-bond donors (Lipinski definition) is 1. The van der Waals surface area contributed by atoms with Gasteiger partial charge in [-0.15, -0.1) is 0 Å². The molecule has 0 amide bonds. The minimum Gasteiger partial charge on any atom is -0.357 e. The Kier molecular flexibility index (Phi) is 5.11. The summed E-state index contributed by atoms with van der Waals surface area (Å²) in [7, 11) is 0. The van der Waals surface area contributed by atoms with Gasteiger partial charge in [0.25, 0.3) is 0 Å². The Morgan fingerprint density at radius 1 is 0.812 bits per heavy atom. The molecule has 1 atom stereocenters. The van der Waals surface area contributed by atoms with Gasteiger partial charge in [-0.25, -0.2) is 4.68 Å². The predicted octanol–water partition coefficient (Wildman–Crippen LogP) is 7.57. The van der Waals surface area contributed by atoms with Gasteiger partial charge in [0.05, 0.1) is 16.9 Å². The number of nitrogens with zero attached hydrogens (tertiary/aromatic N) is 2. The maximum Gasteiger partial charge on any atom is 0.138 e. The van der Waals surface area contributed by atoms with Crippen LogP contribution in [0, 0.1) is 13.8 Å². The molecule has 5 heteroatoms. The zero-order chi connectivity index (χ0) is 22.5. The molecule has 4 aromatic rings. The van der Waals surface area contributed by atoms with Crippen LogP contribution in [-0.4, -0.2) is 9.78 Å². The molecule has 0 aliphatic carbocycles. The first-order valence-electron chi connectivity index (χ1n) is 10.5. The summed E-state index contributed by atoms with van der Waals surface area (Å²) in [4.78, 5) is 0. The first-order valence-corrected chi connectivity index (χ1v) is 11.3. The van der Waals surface area contributed by atoms with E-state index in [9.17, 15) is 0 Å². The molecule has 3 nitrogen and oxygen atoms in total. The van der Waals surface area contributed by atoms with Crippen molar-refractivity contribution in [3.8, 4) is 5.69 Å². The van der Waals surface area contributed by atoms with E-state index in [1.165, 1.54) is 5.56 Å². The summed E-state index contributed by atoms with van der Waals surface area (Å²) in [5, 5.41) is 10.1. The Bertz CT molecular complexity index is 1320. The Labute approximate surface area is 198 Å². The van der Waals surface area contributed by atoms with Crippen molar-refractivity contribution in [2.24, 2.45) is 0 Å². The van der Waals surface area contributed by atoms with Crippen LogP contribution in [-0.2, 0) is 5.54 Å². The van der Waals surface area contributed by atoms with Crippen LogP contribution in [0.25, 0.3) is 11.3 Å². The van der Waals surface area contributed by atoms with Gasteiger partial charge >= 0.3 is 0 Å². The molecule has 1 aliphatic rings. The molecular formula is C27H23Cl2N3. The van der Waals surface area contributed by atoms with Crippen LogP contribution in [0.2, 0.25) is 10.0 Å². The van der Waals surface area contributed by atoms with Crippen LogP contribution in [0.3, 0.4) is 0 Å². The molecule has 2 heterocycles. The quantitative estimate of drug-likeness (QED) is 0.342. The fourth-order valence-corrected chi connectivity index (χ4v) is 4.54. The largest absolute Gasteiger partial charge is 0.357 e. The average Bonchev–Trinajstić information content (AvgIpc) is 3.10. The summed E-state index contributed by atoms with van der Waals surface area (Å²) >= 11 is 12.4. The Morgan fingerprint density at radius 2 is 1.41 bits per heavy atom. The smallest absolute Gasteiger partial charge is 0.138 e. The van der Waals surface area contributed by atoms with Crippen molar-refractivity contribution in [1.29, 1.82) is 0 Å². The highest BCUT2D eigenvalue weighted by atomic mass is 35.5. The second kappa shape index (κ2) is 7.84. The zero-order valence-electron chi connectivity index (χ0n) is 18.2.